The Morgan fingerprint density at radius 1 is 1.35 bits per heavy atom. The largest absolute Gasteiger partial charge is 0.469 e. The maximum Gasteiger partial charge on any atom is 0.310 e. The van der Waals surface area contributed by atoms with Crippen molar-refractivity contribution < 1.29 is 9.53 Å². The maximum atomic E-state index is 11.4. The third-order valence-electron chi connectivity index (χ3n) is 2.91. The van der Waals surface area contributed by atoms with Crippen molar-refractivity contribution >= 4 is 5.97 Å². The first-order valence-electron chi connectivity index (χ1n) is 6.21. The SMILES string of the molecule is CCc1nn(C(C)C)c(CC)c1CC(=O)OC. The zero-order valence-corrected chi connectivity index (χ0v) is 11.4. The predicted octanol–water partition coefficient (Wildman–Crippen LogP) is 2.30. The van der Waals surface area contributed by atoms with Gasteiger partial charge >= 0.3 is 5.97 Å². The number of aromatic nitrogens is 2. The fourth-order valence-corrected chi connectivity index (χ4v) is 2.06. The second-order valence-electron chi connectivity index (χ2n) is 4.37. The Labute approximate surface area is 103 Å². The molecule has 0 spiro atoms. The average molecular weight is 238 g/mol. The van der Waals surface area contributed by atoms with Crippen LogP contribution >= 0.6 is 0 Å². The Bertz CT molecular complexity index is 394. The number of hydrogen-bond acceptors (Lipinski definition) is 3. The van der Waals surface area contributed by atoms with Crippen LogP contribution in [0.15, 0.2) is 0 Å². The van der Waals surface area contributed by atoms with Gasteiger partial charge in [0.1, 0.15) is 0 Å². The van der Waals surface area contributed by atoms with E-state index in [1.54, 1.807) is 0 Å². The molecule has 96 valence electrons. The molecule has 0 fully saturated rings. The van der Waals surface area contributed by atoms with Crippen LogP contribution < -0.4 is 0 Å². The van der Waals surface area contributed by atoms with E-state index in [2.05, 4.69) is 32.8 Å². The minimum absolute atomic E-state index is 0.197. The quantitative estimate of drug-likeness (QED) is 0.739. The van der Waals surface area contributed by atoms with E-state index in [4.69, 9.17) is 4.74 Å². The summed E-state index contributed by atoms with van der Waals surface area (Å²) >= 11 is 0. The number of rotatable bonds is 5. The van der Waals surface area contributed by atoms with Gasteiger partial charge in [-0.05, 0) is 26.7 Å². The molecule has 1 aromatic rings. The van der Waals surface area contributed by atoms with Gasteiger partial charge < -0.3 is 4.74 Å². The second kappa shape index (κ2) is 5.84. The van der Waals surface area contributed by atoms with Crippen LogP contribution in [0.3, 0.4) is 0 Å². The van der Waals surface area contributed by atoms with Gasteiger partial charge in [-0.15, -0.1) is 0 Å². The van der Waals surface area contributed by atoms with Crippen molar-refractivity contribution in [3.8, 4) is 0 Å². The zero-order chi connectivity index (χ0) is 13.0. The number of ether oxygens (including phenoxy) is 1. The maximum absolute atomic E-state index is 11.4. The minimum atomic E-state index is -0.197. The molecule has 0 unspecified atom stereocenters. The van der Waals surface area contributed by atoms with Crippen molar-refractivity contribution in [3.63, 3.8) is 0 Å². The highest BCUT2D eigenvalue weighted by molar-refractivity contribution is 5.73. The van der Waals surface area contributed by atoms with Gasteiger partial charge in [0.2, 0.25) is 0 Å². The van der Waals surface area contributed by atoms with Crippen LogP contribution in [0.2, 0.25) is 0 Å². The Morgan fingerprint density at radius 3 is 2.41 bits per heavy atom. The molecule has 17 heavy (non-hydrogen) atoms. The molecule has 4 heteroatoms. The first-order chi connectivity index (χ1) is 8.04. The number of nitrogens with zero attached hydrogens (tertiary/aromatic N) is 2. The van der Waals surface area contributed by atoms with Crippen LogP contribution in [0.1, 0.15) is 50.7 Å². The van der Waals surface area contributed by atoms with Crippen molar-refractivity contribution in [2.24, 2.45) is 0 Å². The molecule has 0 aliphatic heterocycles. The summed E-state index contributed by atoms with van der Waals surface area (Å²) < 4.78 is 6.77. The Morgan fingerprint density at radius 2 is 2.00 bits per heavy atom. The summed E-state index contributed by atoms with van der Waals surface area (Å²) in [6, 6.07) is 0.321. The van der Waals surface area contributed by atoms with Crippen LogP contribution in [-0.2, 0) is 28.8 Å². The van der Waals surface area contributed by atoms with Gasteiger partial charge in [-0.2, -0.15) is 5.10 Å². The topological polar surface area (TPSA) is 44.1 Å². The molecule has 1 heterocycles. The fourth-order valence-electron chi connectivity index (χ4n) is 2.06. The van der Waals surface area contributed by atoms with Crippen LogP contribution in [0, 0.1) is 0 Å². The van der Waals surface area contributed by atoms with Crippen LogP contribution in [-0.4, -0.2) is 22.9 Å². The monoisotopic (exact) mass is 238 g/mol. The molecule has 0 aliphatic rings. The Kier molecular flexibility index (Phi) is 4.73. The number of esters is 1. The molecule has 0 N–H and O–H groups in total. The molecule has 1 rings (SSSR count). The van der Waals surface area contributed by atoms with Crippen molar-refractivity contribution in [2.75, 3.05) is 7.11 Å². The van der Waals surface area contributed by atoms with Gasteiger partial charge in [-0.3, -0.25) is 9.48 Å². The molecule has 0 atom stereocenters. The molecule has 0 amide bonds. The first kappa shape index (κ1) is 13.7. The highest BCUT2D eigenvalue weighted by atomic mass is 16.5. The lowest BCUT2D eigenvalue weighted by Gasteiger charge is -2.10. The molecule has 0 saturated carbocycles. The summed E-state index contributed by atoms with van der Waals surface area (Å²) in [5.74, 6) is -0.197. The van der Waals surface area contributed by atoms with Gasteiger partial charge in [0.05, 0.1) is 19.2 Å². The summed E-state index contributed by atoms with van der Waals surface area (Å²) in [7, 11) is 1.42. The minimum Gasteiger partial charge on any atom is -0.469 e. The second-order valence-corrected chi connectivity index (χ2v) is 4.37. The summed E-state index contributed by atoms with van der Waals surface area (Å²) in [4.78, 5) is 11.4. The lowest BCUT2D eigenvalue weighted by atomic mass is 10.1. The van der Waals surface area contributed by atoms with Crippen LogP contribution in [0.4, 0.5) is 0 Å². The third-order valence-corrected chi connectivity index (χ3v) is 2.91. The molecule has 0 aromatic carbocycles. The average Bonchev–Trinajstić information content (AvgIpc) is 2.66. The van der Waals surface area contributed by atoms with E-state index in [1.807, 2.05) is 4.68 Å². The van der Waals surface area contributed by atoms with Gasteiger partial charge in [-0.25, -0.2) is 0 Å². The van der Waals surface area contributed by atoms with E-state index in [1.165, 1.54) is 7.11 Å². The number of carbonyl (C=O) groups is 1. The van der Waals surface area contributed by atoms with E-state index >= 15 is 0 Å². The number of hydrogen-bond donors (Lipinski definition) is 0. The highest BCUT2D eigenvalue weighted by Crippen LogP contribution is 2.20. The van der Waals surface area contributed by atoms with E-state index < -0.39 is 0 Å². The predicted molar refractivity (Wildman–Crippen MR) is 67.1 cm³/mol. The normalized spacial score (nSPS) is 10.9. The molecule has 4 nitrogen and oxygen atoms in total. The molecule has 0 bridgehead atoms. The van der Waals surface area contributed by atoms with Gasteiger partial charge in [0.25, 0.3) is 0 Å². The summed E-state index contributed by atoms with van der Waals surface area (Å²) in [6.07, 6.45) is 2.06. The van der Waals surface area contributed by atoms with Crippen LogP contribution in [0.25, 0.3) is 0 Å². The fraction of sp³-hybridized carbons (Fsp3) is 0.692. The number of aryl methyl sites for hydroxylation is 1. The van der Waals surface area contributed by atoms with E-state index in [0.29, 0.717) is 12.5 Å². The molecular formula is C13H22N2O2. The van der Waals surface area contributed by atoms with Crippen molar-refractivity contribution in [1.82, 2.24) is 9.78 Å². The number of methoxy groups -OCH3 is 1. The summed E-state index contributed by atoms with van der Waals surface area (Å²) in [6.45, 7) is 8.37. The first-order valence-corrected chi connectivity index (χ1v) is 6.21. The Hall–Kier alpha value is -1.32. The summed E-state index contributed by atoms with van der Waals surface area (Å²) in [5, 5.41) is 4.60. The molecule has 0 saturated heterocycles. The summed E-state index contributed by atoms with van der Waals surface area (Å²) in [5.41, 5.74) is 3.22. The van der Waals surface area contributed by atoms with Gasteiger partial charge in [0.15, 0.2) is 0 Å². The lowest BCUT2D eigenvalue weighted by Crippen LogP contribution is -2.10. The Balaban J connectivity index is 3.19. The van der Waals surface area contributed by atoms with Gasteiger partial charge in [-0.1, -0.05) is 13.8 Å². The zero-order valence-electron chi connectivity index (χ0n) is 11.4. The van der Waals surface area contributed by atoms with E-state index in [0.717, 1.165) is 29.8 Å². The molecular weight excluding hydrogens is 216 g/mol. The number of carbonyl (C=O) groups excluding carboxylic acids is 1. The standard InChI is InChI=1S/C13H22N2O2/c1-6-11-10(8-13(16)17-5)12(7-2)15(14-11)9(3)4/h9H,6-8H2,1-5H3. The van der Waals surface area contributed by atoms with E-state index in [9.17, 15) is 4.79 Å². The van der Waals surface area contributed by atoms with Gasteiger partial charge in [0, 0.05) is 17.3 Å². The van der Waals surface area contributed by atoms with E-state index in [-0.39, 0.29) is 5.97 Å². The van der Waals surface area contributed by atoms with Crippen molar-refractivity contribution in [3.05, 3.63) is 17.0 Å². The molecule has 0 radical (unpaired) electrons. The van der Waals surface area contributed by atoms with Crippen LogP contribution in [0.5, 0.6) is 0 Å². The lowest BCUT2D eigenvalue weighted by molar-refractivity contribution is -0.139. The molecule has 0 aliphatic carbocycles. The van der Waals surface area contributed by atoms with Crippen molar-refractivity contribution in [2.45, 2.75) is 53.0 Å². The third kappa shape index (κ3) is 2.87. The van der Waals surface area contributed by atoms with Crippen molar-refractivity contribution in [1.29, 1.82) is 0 Å². The highest BCUT2D eigenvalue weighted by Gasteiger charge is 2.19. The molecule has 1 aromatic heterocycles. The smallest absolute Gasteiger partial charge is 0.310 e.